The molecule has 0 saturated heterocycles. The second kappa shape index (κ2) is 23.8. The van der Waals surface area contributed by atoms with E-state index in [2.05, 4.69) is 0 Å². The van der Waals surface area contributed by atoms with Crippen LogP contribution in [0.2, 0.25) is 0 Å². The van der Waals surface area contributed by atoms with Gasteiger partial charge in [0.15, 0.2) is 0 Å². The molecule has 0 bridgehead atoms. The predicted octanol–water partition coefficient (Wildman–Crippen LogP) is 2.04. The van der Waals surface area contributed by atoms with Gasteiger partial charge < -0.3 is 46.9 Å². The topological polar surface area (TPSA) is 92.3 Å². The van der Waals surface area contributed by atoms with Gasteiger partial charge in [0.05, 0.1) is 85.9 Å². The van der Waals surface area contributed by atoms with Gasteiger partial charge in [0.1, 0.15) is 12.4 Å². The molecule has 11 heteroatoms. The fraction of sp³-hybridized carbons (Fsp3) is 0.739. The standard InChI is InChI=1S/C23H41O10P/c1-24-7-10-27-13-14-30-15-18-31-22-5-4-6-23(21-22)34(32-19-16-28-11-8-25-2)33-20-17-29-12-9-26-3/h4-6,21H,7-20H2,1-3H3. The summed E-state index contributed by atoms with van der Waals surface area (Å²) in [7, 11) is 3.61. The van der Waals surface area contributed by atoms with Crippen molar-refractivity contribution in [1.29, 1.82) is 0 Å². The van der Waals surface area contributed by atoms with Gasteiger partial charge >= 0.3 is 0 Å². The summed E-state index contributed by atoms with van der Waals surface area (Å²) in [6.07, 6.45) is 0. The van der Waals surface area contributed by atoms with Crippen molar-refractivity contribution in [3.63, 3.8) is 0 Å². The molecule has 0 aromatic heterocycles. The van der Waals surface area contributed by atoms with Crippen molar-refractivity contribution in [1.82, 2.24) is 0 Å². The van der Waals surface area contributed by atoms with Gasteiger partial charge in [-0.05, 0) is 18.2 Å². The minimum Gasteiger partial charge on any atom is -0.491 e. The summed E-state index contributed by atoms with van der Waals surface area (Å²) in [6.45, 7) is 6.97. The van der Waals surface area contributed by atoms with Crippen LogP contribution < -0.4 is 10.0 Å². The Balaban J connectivity index is 2.41. The number of hydrogen-bond acceptors (Lipinski definition) is 10. The third kappa shape index (κ3) is 17.5. The van der Waals surface area contributed by atoms with Crippen molar-refractivity contribution in [3.05, 3.63) is 24.3 Å². The lowest BCUT2D eigenvalue weighted by Gasteiger charge is -2.19. The zero-order valence-corrected chi connectivity index (χ0v) is 21.6. The third-order valence-electron chi connectivity index (χ3n) is 4.06. The highest BCUT2D eigenvalue weighted by atomic mass is 31.2. The van der Waals surface area contributed by atoms with Crippen molar-refractivity contribution in [2.75, 3.05) is 114 Å². The van der Waals surface area contributed by atoms with Crippen LogP contribution in [0.4, 0.5) is 0 Å². The molecule has 0 N–H and O–H groups in total. The highest BCUT2D eigenvalue weighted by Crippen LogP contribution is 2.37. The minimum absolute atomic E-state index is 0.408. The second-order valence-electron chi connectivity index (χ2n) is 6.70. The van der Waals surface area contributed by atoms with Crippen LogP contribution in [0.5, 0.6) is 5.75 Å². The molecule has 0 amide bonds. The number of hydrogen-bond donors (Lipinski definition) is 0. The van der Waals surface area contributed by atoms with E-state index in [0.29, 0.717) is 92.5 Å². The summed E-state index contributed by atoms with van der Waals surface area (Å²) >= 11 is 0. The quantitative estimate of drug-likeness (QED) is 0.144. The first-order chi connectivity index (χ1) is 16.8. The highest BCUT2D eigenvalue weighted by molar-refractivity contribution is 7.56. The van der Waals surface area contributed by atoms with Gasteiger partial charge in [0, 0.05) is 26.6 Å². The summed E-state index contributed by atoms with van der Waals surface area (Å²) in [5.74, 6) is 0.727. The van der Waals surface area contributed by atoms with Crippen LogP contribution in [0.3, 0.4) is 0 Å². The Morgan fingerprint density at radius 2 is 0.971 bits per heavy atom. The summed E-state index contributed by atoms with van der Waals surface area (Å²) in [6, 6.07) is 7.70. The van der Waals surface area contributed by atoms with Crippen LogP contribution in [-0.2, 0) is 42.2 Å². The molecule has 1 aromatic carbocycles. The van der Waals surface area contributed by atoms with E-state index >= 15 is 0 Å². The maximum Gasteiger partial charge on any atom is 0.205 e. The lowest BCUT2D eigenvalue weighted by Crippen LogP contribution is -2.15. The smallest absolute Gasteiger partial charge is 0.205 e. The molecule has 1 rings (SSSR count). The molecule has 0 aliphatic heterocycles. The molecule has 198 valence electrons. The number of ether oxygens (including phenoxy) is 8. The Kier molecular flexibility index (Phi) is 21.8. The maximum atomic E-state index is 5.98. The average Bonchev–Trinajstić information content (AvgIpc) is 2.86. The average molecular weight is 509 g/mol. The third-order valence-corrected chi connectivity index (χ3v) is 5.60. The Labute approximate surface area is 204 Å². The van der Waals surface area contributed by atoms with Gasteiger partial charge in [0.25, 0.3) is 0 Å². The van der Waals surface area contributed by atoms with E-state index in [1.165, 1.54) is 0 Å². The van der Waals surface area contributed by atoms with E-state index < -0.39 is 8.38 Å². The first kappa shape index (κ1) is 31.1. The molecule has 0 atom stereocenters. The van der Waals surface area contributed by atoms with Crippen LogP contribution in [0.15, 0.2) is 24.3 Å². The molecule has 0 spiro atoms. The summed E-state index contributed by atoms with van der Waals surface area (Å²) in [4.78, 5) is 0. The first-order valence-electron chi connectivity index (χ1n) is 11.4. The number of methoxy groups -OCH3 is 3. The fourth-order valence-electron chi connectivity index (χ4n) is 2.40. The molecule has 0 saturated carbocycles. The van der Waals surface area contributed by atoms with Crippen LogP contribution in [-0.4, -0.2) is 114 Å². The van der Waals surface area contributed by atoms with Crippen LogP contribution in [0, 0.1) is 0 Å². The molecule has 0 unspecified atom stereocenters. The highest BCUT2D eigenvalue weighted by Gasteiger charge is 2.15. The number of benzene rings is 1. The zero-order chi connectivity index (χ0) is 24.5. The molecular weight excluding hydrogens is 467 g/mol. The monoisotopic (exact) mass is 508 g/mol. The van der Waals surface area contributed by atoms with E-state index in [1.807, 2.05) is 24.3 Å². The summed E-state index contributed by atoms with van der Waals surface area (Å²) in [5, 5.41) is 0.911. The molecule has 0 heterocycles. The number of rotatable bonds is 25. The Bertz CT molecular complexity index is 550. The molecule has 0 aliphatic rings. The van der Waals surface area contributed by atoms with Gasteiger partial charge in [-0.3, -0.25) is 0 Å². The van der Waals surface area contributed by atoms with Gasteiger partial charge in [-0.1, -0.05) is 6.07 Å². The zero-order valence-electron chi connectivity index (χ0n) is 20.7. The fourth-order valence-corrected chi connectivity index (χ4v) is 3.70. The van der Waals surface area contributed by atoms with Gasteiger partial charge in [-0.2, -0.15) is 0 Å². The van der Waals surface area contributed by atoms with E-state index in [1.54, 1.807) is 21.3 Å². The van der Waals surface area contributed by atoms with Gasteiger partial charge in [0.2, 0.25) is 8.38 Å². The van der Waals surface area contributed by atoms with E-state index in [9.17, 15) is 0 Å². The van der Waals surface area contributed by atoms with Crippen molar-refractivity contribution in [3.8, 4) is 5.75 Å². The molecule has 34 heavy (non-hydrogen) atoms. The van der Waals surface area contributed by atoms with Crippen LogP contribution >= 0.6 is 8.38 Å². The molecule has 1 aromatic rings. The van der Waals surface area contributed by atoms with Crippen molar-refractivity contribution < 1.29 is 46.9 Å². The van der Waals surface area contributed by atoms with Crippen molar-refractivity contribution in [2.45, 2.75) is 0 Å². The molecule has 0 fully saturated rings. The normalized spacial score (nSPS) is 11.4. The molecule has 0 aliphatic carbocycles. The Hall–Kier alpha value is -0.910. The SMILES string of the molecule is COCCOCCOCCOc1cccc(P(OCCOCCOC)OCCOCCOC)c1. The van der Waals surface area contributed by atoms with E-state index in [4.69, 9.17) is 46.9 Å². The van der Waals surface area contributed by atoms with Crippen molar-refractivity contribution >= 4 is 13.7 Å². The van der Waals surface area contributed by atoms with E-state index in [-0.39, 0.29) is 0 Å². The van der Waals surface area contributed by atoms with Crippen LogP contribution in [0.1, 0.15) is 0 Å². The largest absolute Gasteiger partial charge is 0.491 e. The van der Waals surface area contributed by atoms with E-state index in [0.717, 1.165) is 11.1 Å². The first-order valence-corrected chi connectivity index (χ1v) is 12.6. The minimum atomic E-state index is -1.31. The van der Waals surface area contributed by atoms with Crippen LogP contribution in [0.25, 0.3) is 0 Å². The molecular formula is C23H41O10P. The summed E-state index contributed by atoms with van der Waals surface area (Å²) < 4.78 is 54.5. The van der Waals surface area contributed by atoms with Gasteiger partial charge in [-0.25, -0.2) is 0 Å². The lowest BCUT2D eigenvalue weighted by atomic mass is 10.3. The van der Waals surface area contributed by atoms with Crippen molar-refractivity contribution in [2.24, 2.45) is 0 Å². The lowest BCUT2D eigenvalue weighted by molar-refractivity contribution is 0.0180. The van der Waals surface area contributed by atoms with Gasteiger partial charge in [-0.15, -0.1) is 0 Å². The predicted molar refractivity (Wildman–Crippen MR) is 129 cm³/mol. The summed E-state index contributed by atoms with van der Waals surface area (Å²) in [5.41, 5.74) is 0. The molecule has 10 nitrogen and oxygen atoms in total. The Morgan fingerprint density at radius 1 is 0.529 bits per heavy atom. The Morgan fingerprint density at radius 3 is 1.47 bits per heavy atom. The second-order valence-corrected chi connectivity index (χ2v) is 8.24. The maximum absolute atomic E-state index is 5.98. The molecule has 0 radical (unpaired) electrons.